The van der Waals surface area contributed by atoms with E-state index in [2.05, 4.69) is 9.98 Å². The lowest BCUT2D eigenvalue weighted by molar-refractivity contribution is 0.469. The maximum atomic E-state index is 4.14. The Labute approximate surface area is 59.1 Å². The first kappa shape index (κ1) is 5.41. The summed E-state index contributed by atoms with van der Waals surface area (Å²) < 4.78 is 0. The molecule has 2 heterocycles. The normalized spacial score (nSPS) is 20.8. The largest absolute Gasteiger partial charge is 0.313 e. The van der Waals surface area contributed by atoms with E-state index in [-0.39, 0.29) is 0 Å². The minimum Gasteiger partial charge on any atom is -0.313 e. The van der Waals surface area contributed by atoms with Crippen molar-refractivity contribution >= 4 is 12.4 Å². The summed E-state index contributed by atoms with van der Waals surface area (Å²) in [5.74, 6) is 0.970. The van der Waals surface area contributed by atoms with Gasteiger partial charge in [0.25, 0.3) is 0 Å². The Morgan fingerprint density at radius 2 is 2.40 bits per heavy atom. The molecule has 2 rings (SSSR count). The maximum absolute atomic E-state index is 4.14. The summed E-state index contributed by atoms with van der Waals surface area (Å²) in [6.07, 6.45) is 9.32. The number of rotatable bonds is 0. The molecule has 0 radical (unpaired) electrons. The lowest BCUT2D eigenvalue weighted by atomic mass is 10.4. The van der Waals surface area contributed by atoms with Gasteiger partial charge in [-0.05, 0) is 12.2 Å². The van der Waals surface area contributed by atoms with Crippen LogP contribution in [0.1, 0.15) is 0 Å². The van der Waals surface area contributed by atoms with Gasteiger partial charge in [-0.15, -0.1) is 0 Å². The quantitative estimate of drug-likeness (QED) is 0.479. The lowest BCUT2D eigenvalue weighted by Gasteiger charge is -2.21. The molecule has 2 aliphatic heterocycles. The summed E-state index contributed by atoms with van der Waals surface area (Å²) in [6.45, 7) is 0.694. The minimum atomic E-state index is 0.694. The predicted octanol–water partition coefficient (Wildman–Crippen LogP) is 0.770. The monoisotopic (exact) mass is 133 g/mol. The fourth-order valence-corrected chi connectivity index (χ4v) is 0.925. The Kier molecular flexibility index (Phi) is 1.13. The number of hydrogen-bond acceptors (Lipinski definition) is 3. The van der Waals surface area contributed by atoms with E-state index >= 15 is 0 Å². The summed E-state index contributed by atoms with van der Waals surface area (Å²) in [5, 5.41) is 0. The number of allylic oxidation sites excluding steroid dienone is 2. The Hall–Kier alpha value is -1.38. The summed E-state index contributed by atoms with van der Waals surface area (Å²) in [4.78, 5) is 10.2. The van der Waals surface area contributed by atoms with Gasteiger partial charge >= 0.3 is 0 Å². The molecule has 0 aromatic rings. The van der Waals surface area contributed by atoms with Crippen LogP contribution in [0.25, 0.3) is 0 Å². The van der Waals surface area contributed by atoms with Crippen molar-refractivity contribution in [3.8, 4) is 0 Å². The van der Waals surface area contributed by atoms with Crippen molar-refractivity contribution in [2.75, 3.05) is 6.67 Å². The first-order valence-electron chi connectivity index (χ1n) is 3.14. The first-order chi connectivity index (χ1) is 4.97. The lowest BCUT2D eigenvalue weighted by Crippen LogP contribution is -2.20. The highest BCUT2D eigenvalue weighted by Crippen LogP contribution is 2.11. The van der Waals surface area contributed by atoms with Crippen molar-refractivity contribution in [2.24, 2.45) is 9.98 Å². The van der Waals surface area contributed by atoms with Crippen LogP contribution in [0.5, 0.6) is 0 Å². The van der Waals surface area contributed by atoms with Gasteiger partial charge in [-0.25, -0.2) is 4.99 Å². The highest BCUT2D eigenvalue weighted by molar-refractivity contribution is 5.77. The van der Waals surface area contributed by atoms with Crippen LogP contribution < -0.4 is 0 Å². The highest BCUT2D eigenvalue weighted by Gasteiger charge is 2.07. The van der Waals surface area contributed by atoms with Gasteiger partial charge in [0.15, 0.2) is 0 Å². The molecule has 0 aromatic heterocycles. The first-order valence-corrected chi connectivity index (χ1v) is 3.14. The second kappa shape index (κ2) is 2.10. The standard InChI is InChI=1S/C7H7N3/c1-3-9-7-2-4-8-6-10(7)5-1/h1-5H,6H2. The molecule has 3 nitrogen and oxygen atoms in total. The SMILES string of the molecule is C1=CN2CN=CC=C2N=C1. The Morgan fingerprint density at radius 1 is 1.40 bits per heavy atom. The van der Waals surface area contributed by atoms with E-state index in [4.69, 9.17) is 0 Å². The molecule has 0 unspecified atom stereocenters. The van der Waals surface area contributed by atoms with Crippen LogP contribution in [0.15, 0.2) is 34.2 Å². The second-order valence-electron chi connectivity index (χ2n) is 2.09. The molecule has 3 heteroatoms. The number of nitrogens with zero attached hydrogens (tertiary/aromatic N) is 3. The van der Waals surface area contributed by atoms with Gasteiger partial charge in [-0.3, -0.25) is 4.99 Å². The molecule has 50 valence electrons. The molecule has 0 atom stereocenters. The van der Waals surface area contributed by atoms with Crippen LogP contribution in [0, 0.1) is 0 Å². The van der Waals surface area contributed by atoms with Crippen LogP contribution in [0.4, 0.5) is 0 Å². The minimum absolute atomic E-state index is 0.694. The Bertz CT molecular complexity index is 248. The smallest absolute Gasteiger partial charge is 0.135 e. The zero-order valence-corrected chi connectivity index (χ0v) is 5.44. The molecule has 10 heavy (non-hydrogen) atoms. The molecule has 0 aliphatic carbocycles. The zero-order valence-electron chi connectivity index (χ0n) is 5.44. The molecular formula is C7H7N3. The number of fused-ring (bicyclic) bond motifs is 1. The molecule has 0 saturated heterocycles. The van der Waals surface area contributed by atoms with Crippen LogP contribution >= 0.6 is 0 Å². The van der Waals surface area contributed by atoms with Crippen LogP contribution in [0.2, 0.25) is 0 Å². The highest BCUT2D eigenvalue weighted by atomic mass is 15.3. The average molecular weight is 133 g/mol. The summed E-state index contributed by atoms with van der Waals surface area (Å²) in [6, 6.07) is 0. The van der Waals surface area contributed by atoms with E-state index < -0.39 is 0 Å². The third-order valence-corrected chi connectivity index (χ3v) is 1.42. The van der Waals surface area contributed by atoms with Crippen LogP contribution in [-0.2, 0) is 0 Å². The van der Waals surface area contributed by atoms with Gasteiger partial charge in [0.1, 0.15) is 12.5 Å². The van der Waals surface area contributed by atoms with Gasteiger partial charge in [-0.2, -0.15) is 0 Å². The van der Waals surface area contributed by atoms with Crippen molar-refractivity contribution in [1.29, 1.82) is 0 Å². The summed E-state index contributed by atoms with van der Waals surface area (Å²) in [5.41, 5.74) is 0. The predicted molar refractivity (Wildman–Crippen MR) is 40.9 cm³/mol. The Morgan fingerprint density at radius 3 is 3.30 bits per heavy atom. The van der Waals surface area contributed by atoms with Gasteiger partial charge in [0.2, 0.25) is 0 Å². The third-order valence-electron chi connectivity index (χ3n) is 1.42. The van der Waals surface area contributed by atoms with Crippen molar-refractivity contribution in [1.82, 2.24) is 4.90 Å². The van der Waals surface area contributed by atoms with Crippen molar-refractivity contribution in [3.63, 3.8) is 0 Å². The van der Waals surface area contributed by atoms with Gasteiger partial charge < -0.3 is 4.90 Å². The van der Waals surface area contributed by atoms with E-state index in [0.717, 1.165) is 5.82 Å². The van der Waals surface area contributed by atoms with Crippen LogP contribution in [0.3, 0.4) is 0 Å². The van der Waals surface area contributed by atoms with E-state index in [9.17, 15) is 0 Å². The summed E-state index contributed by atoms with van der Waals surface area (Å²) in [7, 11) is 0. The van der Waals surface area contributed by atoms with Gasteiger partial charge in [-0.1, -0.05) is 0 Å². The molecular weight excluding hydrogens is 126 g/mol. The van der Waals surface area contributed by atoms with Gasteiger partial charge in [0, 0.05) is 18.6 Å². The molecule has 0 amide bonds. The topological polar surface area (TPSA) is 28.0 Å². The van der Waals surface area contributed by atoms with Crippen LogP contribution in [-0.4, -0.2) is 24.0 Å². The fraction of sp³-hybridized carbons (Fsp3) is 0.143. The average Bonchev–Trinajstić information content (AvgIpc) is 2.05. The van der Waals surface area contributed by atoms with E-state index in [1.165, 1.54) is 0 Å². The molecule has 0 spiro atoms. The van der Waals surface area contributed by atoms with Gasteiger partial charge in [0.05, 0.1) is 0 Å². The third kappa shape index (κ3) is 0.757. The molecule has 0 aromatic carbocycles. The van der Waals surface area contributed by atoms with Crippen molar-refractivity contribution < 1.29 is 0 Å². The molecule has 0 saturated carbocycles. The Balaban J connectivity index is 2.34. The second-order valence-corrected chi connectivity index (χ2v) is 2.09. The molecule has 2 aliphatic rings. The summed E-state index contributed by atoms with van der Waals surface area (Å²) >= 11 is 0. The van der Waals surface area contributed by atoms with E-state index in [1.807, 2.05) is 23.3 Å². The maximum Gasteiger partial charge on any atom is 0.135 e. The zero-order chi connectivity index (χ0) is 6.81. The van der Waals surface area contributed by atoms with Crippen molar-refractivity contribution in [2.45, 2.75) is 0 Å². The number of hydrogen-bond donors (Lipinski definition) is 0. The molecule has 0 N–H and O–H groups in total. The molecule has 0 fully saturated rings. The molecule has 0 bridgehead atoms. The fourth-order valence-electron chi connectivity index (χ4n) is 0.925. The number of aliphatic imine (C=N–C) groups is 2. The van der Waals surface area contributed by atoms with E-state index in [0.29, 0.717) is 6.67 Å². The van der Waals surface area contributed by atoms with Crippen molar-refractivity contribution in [3.05, 3.63) is 24.2 Å². The van der Waals surface area contributed by atoms with E-state index in [1.54, 1.807) is 12.4 Å².